The summed E-state index contributed by atoms with van der Waals surface area (Å²) in [7, 11) is -4.33. The monoisotopic (exact) mass is 532 g/mol. The first kappa shape index (κ1) is 25.7. The van der Waals surface area contributed by atoms with Gasteiger partial charge in [0.2, 0.25) is 0 Å². The third kappa shape index (κ3) is 4.60. The summed E-state index contributed by atoms with van der Waals surface area (Å²) in [6.45, 7) is 7.85. The van der Waals surface area contributed by atoms with Crippen molar-refractivity contribution in [2.75, 3.05) is 13.2 Å². The molecule has 198 valence electrons. The van der Waals surface area contributed by atoms with E-state index in [1.807, 2.05) is 13.0 Å². The van der Waals surface area contributed by atoms with Crippen molar-refractivity contribution < 1.29 is 28.0 Å². The van der Waals surface area contributed by atoms with Gasteiger partial charge in [-0.25, -0.2) is 4.57 Å². The summed E-state index contributed by atoms with van der Waals surface area (Å²) in [4.78, 5) is 10.6. The summed E-state index contributed by atoms with van der Waals surface area (Å²) in [5.41, 5.74) is 0.240. The van der Waals surface area contributed by atoms with Crippen LogP contribution >= 0.6 is 7.82 Å². The van der Waals surface area contributed by atoms with Gasteiger partial charge in [0.25, 0.3) is 0 Å². The Bertz CT molecular complexity index is 1660. The maximum Gasteiger partial charge on any atom is 0.473 e. The second-order valence-electron chi connectivity index (χ2n) is 11.0. The molecule has 0 radical (unpaired) electrons. The Morgan fingerprint density at radius 2 is 1.58 bits per heavy atom. The van der Waals surface area contributed by atoms with Crippen LogP contribution in [0.5, 0.6) is 0 Å². The minimum Gasteiger partial charge on any atom is -0.379 e. The van der Waals surface area contributed by atoms with Gasteiger partial charge in [-0.3, -0.25) is 9.05 Å². The number of hydrogen-bond acceptors (Lipinski definition) is 5. The van der Waals surface area contributed by atoms with Crippen molar-refractivity contribution >= 4 is 50.9 Å². The van der Waals surface area contributed by atoms with Crippen molar-refractivity contribution in [3.05, 3.63) is 72.3 Å². The Hall–Kier alpha value is -2.57. The van der Waals surface area contributed by atoms with Gasteiger partial charge in [0.1, 0.15) is 12.2 Å². The maximum atomic E-state index is 12.9. The molecule has 0 amide bonds. The molecule has 1 aliphatic heterocycles. The zero-order valence-electron chi connectivity index (χ0n) is 22.1. The van der Waals surface area contributed by atoms with E-state index in [0.29, 0.717) is 13.0 Å². The van der Waals surface area contributed by atoms with E-state index in [-0.39, 0.29) is 12.7 Å². The van der Waals surface area contributed by atoms with E-state index in [1.54, 1.807) is 20.8 Å². The first-order chi connectivity index (χ1) is 18.1. The fourth-order valence-corrected chi connectivity index (χ4v) is 7.21. The molecule has 0 aliphatic carbocycles. The van der Waals surface area contributed by atoms with Crippen molar-refractivity contribution in [3.8, 4) is 0 Å². The minimum absolute atomic E-state index is 0.261. The highest BCUT2D eigenvalue weighted by Crippen LogP contribution is 2.53. The van der Waals surface area contributed by atoms with Crippen LogP contribution in [-0.4, -0.2) is 35.9 Å². The Labute approximate surface area is 222 Å². The maximum absolute atomic E-state index is 12.9. The molecule has 5 aromatic rings. The van der Waals surface area contributed by atoms with Gasteiger partial charge in [-0.15, -0.1) is 0 Å². The largest absolute Gasteiger partial charge is 0.473 e. The molecule has 7 heteroatoms. The first-order valence-corrected chi connectivity index (χ1v) is 14.7. The van der Waals surface area contributed by atoms with E-state index in [4.69, 9.17) is 18.5 Å². The zero-order chi connectivity index (χ0) is 26.7. The number of fused-ring (bicyclic) bond motifs is 2. The van der Waals surface area contributed by atoms with E-state index in [2.05, 4.69) is 60.7 Å². The van der Waals surface area contributed by atoms with Crippen LogP contribution in [0.15, 0.2) is 66.7 Å². The van der Waals surface area contributed by atoms with Crippen LogP contribution in [0.3, 0.4) is 0 Å². The molecule has 1 heterocycles. The van der Waals surface area contributed by atoms with Gasteiger partial charge in [-0.1, -0.05) is 66.7 Å². The van der Waals surface area contributed by atoms with Crippen molar-refractivity contribution in [2.24, 2.45) is 0 Å². The summed E-state index contributed by atoms with van der Waals surface area (Å²) in [6.07, 6.45) is -1.12. The van der Waals surface area contributed by atoms with Gasteiger partial charge >= 0.3 is 7.82 Å². The van der Waals surface area contributed by atoms with Gasteiger partial charge in [0, 0.05) is 13.0 Å². The molecule has 0 aromatic heterocycles. The molecule has 1 fully saturated rings. The SMILES string of the molecule is CCOC[C@H]1O[C@@H](c2c3ccccc3c3ccc4cccc5ccc2c3c54)CC1OP(=O)(O)OC(C)(C)C. The molecule has 6 rings (SSSR count). The third-order valence-corrected chi connectivity index (χ3v) is 8.56. The van der Waals surface area contributed by atoms with Gasteiger partial charge in [-0.05, 0) is 76.3 Å². The van der Waals surface area contributed by atoms with Crippen LogP contribution in [0.2, 0.25) is 0 Å². The van der Waals surface area contributed by atoms with Gasteiger partial charge in [0.05, 0.1) is 18.3 Å². The third-order valence-electron chi connectivity index (χ3n) is 7.24. The average Bonchev–Trinajstić information content (AvgIpc) is 3.25. The molecule has 0 spiro atoms. The summed E-state index contributed by atoms with van der Waals surface area (Å²) in [5.74, 6) is 0. The number of ether oxygens (including phenoxy) is 2. The molecule has 1 saturated heterocycles. The highest BCUT2D eigenvalue weighted by molar-refractivity contribution is 7.47. The van der Waals surface area contributed by atoms with E-state index in [0.717, 1.165) is 21.7 Å². The normalized spacial score (nSPS) is 22.2. The summed E-state index contributed by atoms with van der Waals surface area (Å²) in [5, 5.41) is 9.46. The van der Waals surface area contributed by atoms with Crippen molar-refractivity contribution in [1.82, 2.24) is 0 Å². The Balaban J connectivity index is 1.50. The highest BCUT2D eigenvalue weighted by Gasteiger charge is 2.43. The Morgan fingerprint density at radius 1 is 0.895 bits per heavy atom. The quantitative estimate of drug-likeness (QED) is 0.130. The fraction of sp³-hybridized carbons (Fsp3) is 0.355. The van der Waals surface area contributed by atoms with Gasteiger partial charge < -0.3 is 14.4 Å². The second kappa shape index (κ2) is 9.56. The Morgan fingerprint density at radius 3 is 2.26 bits per heavy atom. The molecule has 4 atom stereocenters. The molecule has 6 nitrogen and oxygen atoms in total. The average molecular weight is 533 g/mol. The van der Waals surface area contributed by atoms with Crippen molar-refractivity contribution in [3.63, 3.8) is 0 Å². The molecule has 2 unspecified atom stereocenters. The van der Waals surface area contributed by atoms with E-state index in [9.17, 15) is 9.46 Å². The number of phosphoric ester groups is 1. The smallest absolute Gasteiger partial charge is 0.379 e. The molecular weight excluding hydrogens is 499 g/mol. The zero-order valence-corrected chi connectivity index (χ0v) is 23.0. The number of benzene rings is 5. The summed E-state index contributed by atoms with van der Waals surface area (Å²) in [6, 6.07) is 23.5. The number of hydrogen-bond donors (Lipinski definition) is 1. The molecular formula is C31H33O6P. The van der Waals surface area contributed by atoms with E-state index in [1.165, 1.54) is 26.9 Å². The molecule has 1 aliphatic rings. The predicted molar refractivity (Wildman–Crippen MR) is 152 cm³/mol. The lowest BCUT2D eigenvalue weighted by Gasteiger charge is -2.26. The van der Waals surface area contributed by atoms with Gasteiger partial charge in [-0.2, -0.15) is 0 Å². The standard InChI is InChI=1S/C31H33O6P/c1-5-34-18-27-25(36-38(32,33)37-31(2,3)4)17-26(35-27)29-22-12-7-6-11-21(22)23-15-13-19-9-8-10-20-14-16-24(29)30(23)28(19)20/h6-16,25-27H,5,17-18H2,1-4H3,(H,32,33)/t25?,26-,27-/m1/s1. The van der Waals surface area contributed by atoms with Gasteiger partial charge in [0.15, 0.2) is 0 Å². The van der Waals surface area contributed by atoms with Crippen LogP contribution in [0.4, 0.5) is 0 Å². The number of phosphoric acid groups is 1. The minimum atomic E-state index is -4.33. The van der Waals surface area contributed by atoms with Crippen LogP contribution in [0, 0.1) is 0 Å². The second-order valence-corrected chi connectivity index (χ2v) is 12.3. The first-order valence-electron chi connectivity index (χ1n) is 13.2. The van der Waals surface area contributed by atoms with Crippen LogP contribution < -0.4 is 0 Å². The van der Waals surface area contributed by atoms with Crippen LogP contribution in [0.25, 0.3) is 43.1 Å². The summed E-state index contributed by atoms with van der Waals surface area (Å²) < 4.78 is 36.4. The van der Waals surface area contributed by atoms with E-state index < -0.39 is 25.6 Å². The molecule has 5 aromatic carbocycles. The predicted octanol–water partition coefficient (Wildman–Crippen LogP) is 7.90. The topological polar surface area (TPSA) is 74.2 Å². The molecule has 0 saturated carbocycles. The lowest BCUT2D eigenvalue weighted by Crippen LogP contribution is -2.29. The highest BCUT2D eigenvalue weighted by atomic mass is 31.2. The number of rotatable bonds is 7. The van der Waals surface area contributed by atoms with Crippen molar-refractivity contribution in [1.29, 1.82) is 0 Å². The molecule has 0 bridgehead atoms. The van der Waals surface area contributed by atoms with Crippen LogP contribution in [0.1, 0.15) is 45.8 Å². The molecule has 38 heavy (non-hydrogen) atoms. The lowest BCUT2D eigenvalue weighted by molar-refractivity contribution is -0.0468. The van der Waals surface area contributed by atoms with Crippen LogP contribution in [-0.2, 0) is 23.1 Å². The van der Waals surface area contributed by atoms with Crippen molar-refractivity contribution in [2.45, 2.75) is 58.0 Å². The van der Waals surface area contributed by atoms with E-state index >= 15 is 0 Å². The summed E-state index contributed by atoms with van der Waals surface area (Å²) >= 11 is 0. The Kier molecular flexibility index (Phi) is 6.47. The fourth-order valence-electron chi connectivity index (χ4n) is 5.91. The molecule has 1 N–H and O–H groups in total. The lowest BCUT2D eigenvalue weighted by atomic mass is 9.85.